The van der Waals surface area contributed by atoms with E-state index in [1.807, 2.05) is 0 Å². The van der Waals surface area contributed by atoms with Gasteiger partial charge in [0, 0.05) is 23.6 Å². The largest absolute Gasteiger partial charge is 0.369 e. The third-order valence-electron chi connectivity index (χ3n) is 2.81. The first-order valence-corrected chi connectivity index (χ1v) is 7.14. The van der Waals surface area contributed by atoms with Gasteiger partial charge in [0.15, 0.2) is 0 Å². The van der Waals surface area contributed by atoms with Gasteiger partial charge in [0.25, 0.3) is 0 Å². The molecule has 0 heterocycles. The fraction of sp³-hybridized carbons (Fsp3) is 0.571. The van der Waals surface area contributed by atoms with E-state index in [-0.39, 0.29) is 0 Å². The van der Waals surface area contributed by atoms with Crippen molar-refractivity contribution in [1.82, 2.24) is 0 Å². The Kier molecular flexibility index (Phi) is 5.33. The molecule has 1 aromatic rings. The predicted octanol–water partition coefficient (Wildman–Crippen LogP) is 4.51. The van der Waals surface area contributed by atoms with Crippen LogP contribution >= 0.6 is 15.9 Å². The molecule has 0 amide bonds. The Balaban J connectivity index is 3.00. The molecule has 0 bridgehead atoms. The minimum absolute atomic E-state index is 0.563. The lowest BCUT2D eigenvalue weighted by molar-refractivity contribution is 0.669. The first kappa shape index (κ1) is 13.6. The van der Waals surface area contributed by atoms with E-state index in [9.17, 15) is 0 Å². The Bertz CT molecular complexity index is 334. The maximum atomic E-state index is 3.50. The summed E-state index contributed by atoms with van der Waals surface area (Å²) in [4.78, 5) is 2.48. The molecule has 16 heavy (non-hydrogen) atoms. The average molecular weight is 284 g/mol. The van der Waals surface area contributed by atoms with E-state index >= 15 is 0 Å². The van der Waals surface area contributed by atoms with Crippen molar-refractivity contribution in [1.29, 1.82) is 0 Å². The quantitative estimate of drug-likeness (QED) is 0.719. The minimum Gasteiger partial charge on any atom is -0.369 e. The number of alkyl halides is 1. The first-order chi connectivity index (χ1) is 7.60. The van der Waals surface area contributed by atoms with Gasteiger partial charge in [-0.3, -0.25) is 0 Å². The van der Waals surface area contributed by atoms with Gasteiger partial charge in [-0.15, -0.1) is 0 Å². The maximum absolute atomic E-state index is 3.50. The van der Waals surface area contributed by atoms with Crippen LogP contribution in [0.4, 0.5) is 5.69 Å². The second-order valence-corrected chi connectivity index (χ2v) is 5.10. The molecule has 0 atom stereocenters. The summed E-state index contributed by atoms with van der Waals surface area (Å²) >= 11 is 3.50. The molecule has 0 aromatic heterocycles. The molecule has 1 rings (SSSR count). The molecule has 2 heteroatoms. The standard InChI is InChI=1S/C14H22BrN/c1-5-8-16(11(2)3)14-7-6-13(10-15)9-12(14)4/h6-7,9,11H,5,8,10H2,1-4H3. The summed E-state index contributed by atoms with van der Waals surface area (Å²) in [5.74, 6) is 0. The topological polar surface area (TPSA) is 3.24 Å². The van der Waals surface area contributed by atoms with Gasteiger partial charge >= 0.3 is 0 Å². The van der Waals surface area contributed by atoms with Gasteiger partial charge in [-0.1, -0.05) is 35.0 Å². The second-order valence-electron chi connectivity index (χ2n) is 4.54. The number of anilines is 1. The average Bonchev–Trinajstić information content (AvgIpc) is 2.26. The lowest BCUT2D eigenvalue weighted by Crippen LogP contribution is -2.32. The van der Waals surface area contributed by atoms with Crippen LogP contribution in [0.25, 0.3) is 0 Å². The van der Waals surface area contributed by atoms with Crippen molar-refractivity contribution in [3.05, 3.63) is 29.3 Å². The van der Waals surface area contributed by atoms with Crippen LogP contribution < -0.4 is 4.90 Å². The number of aryl methyl sites for hydroxylation is 1. The Morgan fingerprint density at radius 1 is 1.31 bits per heavy atom. The van der Waals surface area contributed by atoms with Crippen molar-refractivity contribution >= 4 is 21.6 Å². The summed E-state index contributed by atoms with van der Waals surface area (Å²) < 4.78 is 0. The summed E-state index contributed by atoms with van der Waals surface area (Å²) in [6.07, 6.45) is 1.19. The molecule has 0 saturated heterocycles. The van der Waals surface area contributed by atoms with Gasteiger partial charge < -0.3 is 4.90 Å². The lowest BCUT2D eigenvalue weighted by Gasteiger charge is -2.30. The Hall–Kier alpha value is -0.500. The molecule has 0 aliphatic rings. The van der Waals surface area contributed by atoms with E-state index in [1.54, 1.807) is 0 Å². The zero-order valence-electron chi connectivity index (χ0n) is 10.8. The Labute approximate surface area is 108 Å². The van der Waals surface area contributed by atoms with E-state index in [1.165, 1.54) is 23.2 Å². The minimum atomic E-state index is 0.563. The van der Waals surface area contributed by atoms with Crippen molar-refractivity contribution in [2.75, 3.05) is 11.4 Å². The van der Waals surface area contributed by atoms with E-state index in [2.05, 4.69) is 66.7 Å². The van der Waals surface area contributed by atoms with Gasteiger partial charge in [0.05, 0.1) is 0 Å². The van der Waals surface area contributed by atoms with Gasteiger partial charge in [-0.05, 0) is 44.4 Å². The highest BCUT2D eigenvalue weighted by Gasteiger charge is 2.11. The van der Waals surface area contributed by atoms with Gasteiger partial charge in [0.2, 0.25) is 0 Å². The monoisotopic (exact) mass is 283 g/mol. The van der Waals surface area contributed by atoms with Crippen LogP contribution in [0.5, 0.6) is 0 Å². The van der Waals surface area contributed by atoms with Crippen LogP contribution in [0, 0.1) is 6.92 Å². The van der Waals surface area contributed by atoms with Gasteiger partial charge in [-0.2, -0.15) is 0 Å². The molecule has 0 N–H and O–H groups in total. The normalized spacial score (nSPS) is 10.9. The predicted molar refractivity (Wildman–Crippen MR) is 76.6 cm³/mol. The SMILES string of the molecule is CCCN(c1ccc(CBr)cc1C)C(C)C. The third-order valence-corrected chi connectivity index (χ3v) is 3.46. The fourth-order valence-electron chi connectivity index (χ4n) is 2.02. The molecule has 0 fully saturated rings. The van der Waals surface area contributed by atoms with Crippen LogP contribution in [0.1, 0.15) is 38.3 Å². The zero-order valence-corrected chi connectivity index (χ0v) is 12.3. The Morgan fingerprint density at radius 2 is 2.00 bits per heavy atom. The van der Waals surface area contributed by atoms with Crippen molar-refractivity contribution in [2.45, 2.75) is 45.5 Å². The molecule has 1 nitrogen and oxygen atoms in total. The highest BCUT2D eigenvalue weighted by molar-refractivity contribution is 9.08. The van der Waals surface area contributed by atoms with Gasteiger partial charge in [0.1, 0.15) is 0 Å². The highest BCUT2D eigenvalue weighted by Crippen LogP contribution is 2.24. The van der Waals surface area contributed by atoms with Crippen molar-refractivity contribution in [2.24, 2.45) is 0 Å². The lowest BCUT2D eigenvalue weighted by atomic mass is 10.1. The highest BCUT2D eigenvalue weighted by atomic mass is 79.9. The van der Waals surface area contributed by atoms with Crippen LogP contribution in [-0.4, -0.2) is 12.6 Å². The van der Waals surface area contributed by atoms with Gasteiger partial charge in [-0.25, -0.2) is 0 Å². The molecule has 0 radical (unpaired) electrons. The number of rotatable bonds is 5. The number of nitrogens with zero attached hydrogens (tertiary/aromatic N) is 1. The molecule has 0 aliphatic carbocycles. The molecule has 90 valence electrons. The summed E-state index contributed by atoms with van der Waals surface area (Å²) in [6.45, 7) is 10.1. The zero-order chi connectivity index (χ0) is 12.1. The molecule has 1 aromatic carbocycles. The van der Waals surface area contributed by atoms with Crippen LogP contribution in [-0.2, 0) is 5.33 Å². The maximum Gasteiger partial charge on any atom is 0.0398 e. The summed E-state index contributed by atoms with van der Waals surface area (Å²) in [6, 6.07) is 7.30. The molecule has 0 unspecified atom stereocenters. The summed E-state index contributed by atoms with van der Waals surface area (Å²) in [7, 11) is 0. The molecular weight excluding hydrogens is 262 g/mol. The fourth-order valence-corrected chi connectivity index (χ4v) is 2.37. The number of benzene rings is 1. The number of hydrogen-bond acceptors (Lipinski definition) is 1. The first-order valence-electron chi connectivity index (χ1n) is 6.02. The van der Waals surface area contributed by atoms with Crippen molar-refractivity contribution in [3.63, 3.8) is 0 Å². The molecule has 0 spiro atoms. The number of hydrogen-bond donors (Lipinski definition) is 0. The van der Waals surface area contributed by atoms with E-state index in [0.717, 1.165) is 11.9 Å². The second kappa shape index (κ2) is 6.29. The van der Waals surface area contributed by atoms with Crippen molar-refractivity contribution < 1.29 is 0 Å². The van der Waals surface area contributed by atoms with Crippen LogP contribution in [0.3, 0.4) is 0 Å². The summed E-state index contributed by atoms with van der Waals surface area (Å²) in [5.41, 5.74) is 4.10. The van der Waals surface area contributed by atoms with Crippen LogP contribution in [0.2, 0.25) is 0 Å². The van der Waals surface area contributed by atoms with E-state index in [4.69, 9.17) is 0 Å². The van der Waals surface area contributed by atoms with E-state index < -0.39 is 0 Å². The Morgan fingerprint density at radius 3 is 2.44 bits per heavy atom. The third kappa shape index (κ3) is 3.24. The smallest absolute Gasteiger partial charge is 0.0398 e. The molecule has 0 aliphatic heterocycles. The summed E-state index contributed by atoms with van der Waals surface area (Å²) in [5, 5.41) is 0.934. The molecule has 0 saturated carbocycles. The van der Waals surface area contributed by atoms with E-state index in [0.29, 0.717) is 6.04 Å². The van der Waals surface area contributed by atoms with Crippen LogP contribution in [0.15, 0.2) is 18.2 Å². The number of halogens is 1. The van der Waals surface area contributed by atoms with Crippen molar-refractivity contribution in [3.8, 4) is 0 Å². The molecular formula is C14H22BrN.